The number of imidazole rings is 1. The molecule has 5 nitrogen and oxygen atoms in total. The number of aromatic carboxylic acids is 1. The second kappa shape index (κ2) is 8.90. The van der Waals surface area contributed by atoms with Crippen LogP contribution in [0.1, 0.15) is 48.3 Å². The van der Waals surface area contributed by atoms with E-state index in [1.807, 2.05) is 38.1 Å². The van der Waals surface area contributed by atoms with Gasteiger partial charge in [-0.25, -0.2) is 9.59 Å². The van der Waals surface area contributed by atoms with Crippen LogP contribution in [0.15, 0.2) is 53.3 Å². The molecule has 29 heavy (non-hydrogen) atoms. The molecule has 0 aliphatic heterocycles. The Morgan fingerprint density at radius 3 is 2.31 bits per heavy atom. The first-order valence-corrected chi connectivity index (χ1v) is 9.87. The van der Waals surface area contributed by atoms with Gasteiger partial charge < -0.3 is 5.11 Å². The van der Waals surface area contributed by atoms with Crippen LogP contribution in [-0.2, 0) is 19.5 Å². The third-order valence-electron chi connectivity index (χ3n) is 4.96. The highest BCUT2D eigenvalue weighted by Gasteiger charge is 2.19. The summed E-state index contributed by atoms with van der Waals surface area (Å²) in [4.78, 5) is 24.2. The molecule has 2 aromatic carbocycles. The maximum atomic E-state index is 14.7. The van der Waals surface area contributed by atoms with Crippen LogP contribution in [0, 0.1) is 5.95 Å². The number of rotatable bonds is 8. The summed E-state index contributed by atoms with van der Waals surface area (Å²) in [5.74, 6) is -1.42. The summed E-state index contributed by atoms with van der Waals surface area (Å²) < 4.78 is 17.4. The molecule has 3 aromatic rings. The fourth-order valence-corrected chi connectivity index (χ4v) is 3.56. The number of carbonyl (C=O) groups is 1. The Bertz CT molecular complexity index is 1060. The molecule has 1 heterocycles. The lowest BCUT2D eigenvalue weighted by molar-refractivity contribution is 0.0697. The lowest BCUT2D eigenvalue weighted by Crippen LogP contribution is -2.26. The molecule has 0 radical (unpaired) electrons. The molecular formula is C23H25FN2O3. The predicted molar refractivity (Wildman–Crippen MR) is 111 cm³/mol. The summed E-state index contributed by atoms with van der Waals surface area (Å²) in [7, 11) is 0. The molecular weight excluding hydrogens is 371 g/mol. The SMILES string of the molecule is CCCc1c(F)n(CCC)c(=O)n1Cc1ccc(-c2ccccc2C(=O)O)cc1. The Hall–Kier alpha value is -3.15. The van der Waals surface area contributed by atoms with Gasteiger partial charge in [0.05, 0.1) is 17.8 Å². The summed E-state index contributed by atoms with van der Waals surface area (Å²) >= 11 is 0. The zero-order chi connectivity index (χ0) is 21.0. The quantitative estimate of drug-likeness (QED) is 0.607. The van der Waals surface area contributed by atoms with Crippen LogP contribution < -0.4 is 5.69 Å². The Kier molecular flexibility index (Phi) is 6.32. The smallest absolute Gasteiger partial charge is 0.336 e. The van der Waals surface area contributed by atoms with E-state index in [4.69, 9.17) is 0 Å². The van der Waals surface area contributed by atoms with Crippen LogP contribution in [0.5, 0.6) is 0 Å². The molecule has 0 spiro atoms. The minimum absolute atomic E-state index is 0.236. The van der Waals surface area contributed by atoms with Crippen molar-refractivity contribution in [1.29, 1.82) is 0 Å². The highest BCUT2D eigenvalue weighted by atomic mass is 19.1. The number of aromatic nitrogens is 2. The van der Waals surface area contributed by atoms with Gasteiger partial charge in [-0.05, 0) is 35.6 Å². The first kappa shape index (κ1) is 20.6. The van der Waals surface area contributed by atoms with Gasteiger partial charge >= 0.3 is 11.7 Å². The average molecular weight is 396 g/mol. The maximum Gasteiger partial charge on any atom is 0.336 e. The van der Waals surface area contributed by atoms with Crippen molar-refractivity contribution in [2.24, 2.45) is 0 Å². The van der Waals surface area contributed by atoms with Gasteiger partial charge in [-0.3, -0.25) is 9.13 Å². The van der Waals surface area contributed by atoms with E-state index in [2.05, 4.69) is 0 Å². The van der Waals surface area contributed by atoms with Crippen molar-refractivity contribution < 1.29 is 14.3 Å². The first-order chi connectivity index (χ1) is 14.0. The van der Waals surface area contributed by atoms with Crippen LogP contribution in [0.3, 0.4) is 0 Å². The lowest BCUT2D eigenvalue weighted by atomic mass is 9.99. The van der Waals surface area contributed by atoms with Gasteiger partial charge in [0, 0.05) is 6.54 Å². The number of nitrogens with zero attached hydrogens (tertiary/aromatic N) is 2. The highest BCUT2D eigenvalue weighted by Crippen LogP contribution is 2.24. The minimum Gasteiger partial charge on any atom is -0.478 e. The van der Waals surface area contributed by atoms with Crippen LogP contribution in [-0.4, -0.2) is 20.2 Å². The van der Waals surface area contributed by atoms with Crippen LogP contribution in [0.2, 0.25) is 0 Å². The summed E-state index contributed by atoms with van der Waals surface area (Å²) in [5.41, 5.74) is 2.62. The van der Waals surface area contributed by atoms with Crippen molar-refractivity contribution in [3.8, 4) is 11.1 Å². The molecule has 6 heteroatoms. The van der Waals surface area contributed by atoms with Crippen molar-refractivity contribution in [2.45, 2.75) is 46.2 Å². The topological polar surface area (TPSA) is 64.2 Å². The number of benzene rings is 2. The van der Waals surface area contributed by atoms with Gasteiger partial charge in [0.1, 0.15) is 0 Å². The first-order valence-electron chi connectivity index (χ1n) is 9.87. The van der Waals surface area contributed by atoms with Gasteiger partial charge in [-0.2, -0.15) is 4.39 Å². The van der Waals surface area contributed by atoms with E-state index in [9.17, 15) is 19.1 Å². The van der Waals surface area contributed by atoms with E-state index in [-0.39, 0.29) is 17.8 Å². The van der Waals surface area contributed by atoms with Gasteiger partial charge in [0.15, 0.2) is 0 Å². The van der Waals surface area contributed by atoms with Crippen LogP contribution >= 0.6 is 0 Å². The molecule has 0 saturated heterocycles. The minimum atomic E-state index is -0.979. The third kappa shape index (κ3) is 4.16. The van der Waals surface area contributed by atoms with Gasteiger partial charge in [0.2, 0.25) is 5.95 Å². The van der Waals surface area contributed by atoms with Crippen molar-refractivity contribution in [2.75, 3.05) is 0 Å². The second-order valence-electron chi connectivity index (χ2n) is 7.06. The third-order valence-corrected chi connectivity index (χ3v) is 4.96. The number of carboxylic acid groups (broad SMARTS) is 1. The van der Waals surface area contributed by atoms with E-state index in [0.29, 0.717) is 30.6 Å². The number of hydrogen-bond donors (Lipinski definition) is 1. The Morgan fingerprint density at radius 2 is 1.69 bits per heavy atom. The molecule has 0 aliphatic carbocycles. The molecule has 0 amide bonds. The fraction of sp³-hybridized carbons (Fsp3) is 0.304. The predicted octanol–water partition coefficient (Wildman–Crippen LogP) is 4.56. The summed E-state index contributed by atoms with van der Waals surface area (Å²) in [6.07, 6.45) is 1.93. The van der Waals surface area contributed by atoms with Crippen LogP contribution in [0.25, 0.3) is 11.1 Å². The largest absolute Gasteiger partial charge is 0.478 e. The van der Waals surface area contributed by atoms with Gasteiger partial charge in [-0.15, -0.1) is 0 Å². The summed E-state index contributed by atoms with van der Waals surface area (Å²) in [6.45, 7) is 4.51. The molecule has 1 N–H and O–H groups in total. The maximum absolute atomic E-state index is 14.7. The highest BCUT2D eigenvalue weighted by molar-refractivity contribution is 5.95. The van der Waals surface area contributed by atoms with E-state index in [0.717, 1.165) is 17.5 Å². The summed E-state index contributed by atoms with van der Waals surface area (Å²) in [5, 5.41) is 9.38. The van der Waals surface area contributed by atoms with Gasteiger partial charge in [-0.1, -0.05) is 62.7 Å². The number of carboxylic acids is 1. The van der Waals surface area contributed by atoms with E-state index in [1.54, 1.807) is 24.3 Å². The Balaban J connectivity index is 1.94. The summed E-state index contributed by atoms with van der Waals surface area (Å²) in [6, 6.07) is 14.2. The van der Waals surface area contributed by atoms with Crippen molar-refractivity contribution >= 4 is 5.97 Å². The number of hydrogen-bond acceptors (Lipinski definition) is 2. The molecule has 0 saturated carbocycles. The van der Waals surface area contributed by atoms with Crippen LogP contribution in [0.4, 0.5) is 4.39 Å². The molecule has 152 valence electrons. The van der Waals surface area contributed by atoms with E-state index < -0.39 is 11.9 Å². The lowest BCUT2D eigenvalue weighted by Gasteiger charge is -2.09. The van der Waals surface area contributed by atoms with E-state index >= 15 is 0 Å². The molecule has 0 aliphatic rings. The van der Waals surface area contributed by atoms with Crippen molar-refractivity contribution in [3.63, 3.8) is 0 Å². The zero-order valence-electron chi connectivity index (χ0n) is 16.7. The molecule has 0 fully saturated rings. The molecule has 0 unspecified atom stereocenters. The standard InChI is InChI=1S/C23H25FN2O3/c1-3-7-20-21(24)25(14-4-2)23(29)26(20)15-16-10-12-17(13-11-16)18-8-5-6-9-19(18)22(27)28/h5-6,8-13H,3-4,7,14-15H2,1-2H3,(H,27,28). The monoisotopic (exact) mass is 396 g/mol. The molecule has 0 bridgehead atoms. The zero-order valence-corrected chi connectivity index (χ0v) is 16.7. The van der Waals surface area contributed by atoms with Gasteiger partial charge in [0.25, 0.3) is 0 Å². The molecule has 3 rings (SSSR count). The Labute approximate surface area is 169 Å². The number of halogens is 1. The van der Waals surface area contributed by atoms with Crippen molar-refractivity contribution in [3.05, 3.63) is 81.8 Å². The van der Waals surface area contributed by atoms with Crippen molar-refractivity contribution in [1.82, 2.24) is 9.13 Å². The molecule has 1 aromatic heterocycles. The Morgan fingerprint density at radius 1 is 1.00 bits per heavy atom. The van der Waals surface area contributed by atoms with E-state index in [1.165, 1.54) is 9.13 Å². The molecule has 0 atom stereocenters. The second-order valence-corrected chi connectivity index (χ2v) is 7.06. The average Bonchev–Trinajstić information content (AvgIpc) is 2.94. The normalized spacial score (nSPS) is 11.0. The fourth-order valence-electron chi connectivity index (χ4n) is 3.56.